The lowest BCUT2D eigenvalue weighted by Crippen LogP contribution is -2.05. The van der Waals surface area contributed by atoms with E-state index in [0.29, 0.717) is 4.47 Å². The molecule has 0 saturated carbocycles. The van der Waals surface area contributed by atoms with Crippen LogP contribution in [0.4, 0.5) is 5.69 Å². The van der Waals surface area contributed by atoms with Crippen molar-refractivity contribution in [1.29, 1.82) is 0 Å². The Morgan fingerprint density at radius 1 is 1.62 bits per heavy atom. The summed E-state index contributed by atoms with van der Waals surface area (Å²) in [6, 6.07) is 4.69. The SMILES string of the molecule is C[C@@H](N)c1ccc(Br)c([N+](=O)[O-])c1. The van der Waals surface area contributed by atoms with E-state index in [-0.39, 0.29) is 11.7 Å². The summed E-state index contributed by atoms with van der Waals surface area (Å²) in [5.41, 5.74) is 6.40. The summed E-state index contributed by atoms with van der Waals surface area (Å²) in [7, 11) is 0. The van der Waals surface area contributed by atoms with Crippen molar-refractivity contribution < 1.29 is 4.92 Å². The average molecular weight is 245 g/mol. The van der Waals surface area contributed by atoms with Crippen molar-refractivity contribution in [3.63, 3.8) is 0 Å². The van der Waals surface area contributed by atoms with E-state index in [0.717, 1.165) is 5.56 Å². The van der Waals surface area contributed by atoms with Crippen LogP contribution in [0.3, 0.4) is 0 Å². The van der Waals surface area contributed by atoms with Crippen LogP contribution in [0.5, 0.6) is 0 Å². The van der Waals surface area contributed by atoms with Gasteiger partial charge in [0.2, 0.25) is 0 Å². The lowest BCUT2D eigenvalue weighted by molar-refractivity contribution is -0.385. The first-order valence-electron chi connectivity index (χ1n) is 3.72. The van der Waals surface area contributed by atoms with E-state index < -0.39 is 4.92 Å². The molecule has 1 atom stereocenters. The quantitative estimate of drug-likeness (QED) is 0.642. The van der Waals surface area contributed by atoms with E-state index >= 15 is 0 Å². The topological polar surface area (TPSA) is 69.2 Å². The smallest absolute Gasteiger partial charge is 0.283 e. The summed E-state index contributed by atoms with van der Waals surface area (Å²) in [6.45, 7) is 1.78. The first kappa shape index (κ1) is 10.1. The Morgan fingerprint density at radius 3 is 2.69 bits per heavy atom. The second-order valence-electron chi connectivity index (χ2n) is 2.76. The highest BCUT2D eigenvalue weighted by Gasteiger charge is 2.13. The molecule has 2 N–H and O–H groups in total. The van der Waals surface area contributed by atoms with Gasteiger partial charge in [0.15, 0.2) is 0 Å². The molecule has 0 amide bonds. The van der Waals surface area contributed by atoms with Crippen LogP contribution in [-0.2, 0) is 0 Å². The summed E-state index contributed by atoms with van der Waals surface area (Å²) in [5, 5.41) is 10.5. The first-order chi connectivity index (χ1) is 6.02. The zero-order chi connectivity index (χ0) is 10.0. The van der Waals surface area contributed by atoms with E-state index in [1.165, 1.54) is 6.07 Å². The van der Waals surface area contributed by atoms with Crippen LogP contribution in [0, 0.1) is 10.1 Å². The normalized spacial score (nSPS) is 12.5. The van der Waals surface area contributed by atoms with Crippen LogP contribution in [0.15, 0.2) is 22.7 Å². The molecule has 0 aliphatic rings. The van der Waals surface area contributed by atoms with Gasteiger partial charge in [0, 0.05) is 12.1 Å². The van der Waals surface area contributed by atoms with Gasteiger partial charge in [-0.05, 0) is 34.5 Å². The van der Waals surface area contributed by atoms with Crippen molar-refractivity contribution in [2.75, 3.05) is 0 Å². The monoisotopic (exact) mass is 244 g/mol. The highest BCUT2D eigenvalue weighted by molar-refractivity contribution is 9.10. The molecule has 0 aromatic heterocycles. The lowest BCUT2D eigenvalue weighted by atomic mass is 10.1. The molecular weight excluding hydrogens is 236 g/mol. The average Bonchev–Trinajstić information content (AvgIpc) is 2.04. The third-order valence-corrected chi connectivity index (χ3v) is 2.36. The van der Waals surface area contributed by atoms with Gasteiger partial charge in [0.25, 0.3) is 5.69 Å². The largest absolute Gasteiger partial charge is 0.324 e. The molecule has 0 heterocycles. The summed E-state index contributed by atoms with van der Waals surface area (Å²) in [4.78, 5) is 10.1. The number of benzene rings is 1. The van der Waals surface area contributed by atoms with Gasteiger partial charge in [-0.3, -0.25) is 10.1 Å². The van der Waals surface area contributed by atoms with Crippen molar-refractivity contribution in [3.8, 4) is 0 Å². The third kappa shape index (κ3) is 2.26. The van der Waals surface area contributed by atoms with Gasteiger partial charge in [-0.1, -0.05) is 6.07 Å². The fourth-order valence-corrected chi connectivity index (χ4v) is 1.34. The number of nitrogens with two attached hydrogens (primary N) is 1. The summed E-state index contributed by atoms with van der Waals surface area (Å²) < 4.78 is 0.474. The molecular formula is C8H9BrN2O2. The van der Waals surface area contributed by atoms with Crippen LogP contribution < -0.4 is 5.73 Å². The molecule has 1 aromatic carbocycles. The summed E-state index contributed by atoms with van der Waals surface area (Å²) in [5.74, 6) is 0. The zero-order valence-electron chi connectivity index (χ0n) is 7.03. The summed E-state index contributed by atoms with van der Waals surface area (Å²) in [6.07, 6.45) is 0. The number of hydrogen-bond donors (Lipinski definition) is 1. The molecule has 0 saturated heterocycles. The number of nitro benzene ring substituents is 1. The van der Waals surface area contributed by atoms with Crippen molar-refractivity contribution in [2.24, 2.45) is 5.73 Å². The minimum Gasteiger partial charge on any atom is -0.324 e. The minimum absolute atomic E-state index is 0.0507. The molecule has 4 nitrogen and oxygen atoms in total. The first-order valence-corrected chi connectivity index (χ1v) is 4.51. The van der Waals surface area contributed by atoms with Crippen LogP contribution in [-0.4, -0.2) is 4.92 Å². The predicted molar refractivity (Wildman–Crippen MR) is 53.4 cm³/mol. The molecule has 0 aliphatic heterocycles. The van der Waals surface area contributed by atoms with Crippen LogP contribution in [0.2, 0.25) is 0 Å². The molecule has 1 rings (SSSR count). The fourth-order valence-electron chi connectivity index (χ4n) is 0.953. The third-order valence-electron chi connectivity index (χ3n) is 1.69. The maximum absolute atomic E-state index is 10.5. The highest BCUT2D eigenvalue weighted by Crippen LogP contribution is 2.27. The number of nitro groups is 1. The van der Waals surface area contributed by atoms with E-state index in [1.807, 2.05) is 0 Å². The highest BCUT2D eigenvalue weighted by atomic mass is 79.9. The van der Waals surface area contributed by atoms with Crippen LogP contribution in [0.25, 0.3) is 0 Å². The van der Waals surface area contributed by atoms with Gasteiger partial charge < -0.3 is 5.73 Å². The second kappa shape index (κ2) is 3.85. The Bertz CT molecular complexity index is 339. The van der Waals surface area contributed by atoms with Crippen LogP contribution in [0.1, 0.15) is 18.5 Å². The minimum atomic E-state index is -0.435. The van der Waals surface area contributed by atoms with Crippen molar-refractivity contribution >= 4 is 21.6 Å². The van der Waals surface area contributed by atoms with Gasteiger partial charge >= 0.3 is 0 Å². The van der Waals surface area contributed by atoms with Crippen molar-refractivity contribution in [2.45, 2.75) is 13.0 Å². The Balaban J connectivity index is 3.19. The lowest BCUT2D eigenvalue weighted by Gasteiger charge is -2.05. The van der Waals surface area contributed by atoms with Gasteiger partial charge in [-0.15, -0.1) is 0 Å². The van der Waals surface area contributed by atoms with E-state index in [2.05, 4.69) is 15.9 Å². The summed E-state index contributed by atoms with van der Waals surface area (Å²) >= 11 is 3.10. The molecule has 5 heteroatoms. The maximum Gasteiger partial charge on any atom is 0.283 e. The Hall–Kier alpha value is -0.940. The van der Waals surface area contributed by atoms with Crippen molar-refractivity contribution in [1.82, 2.24) is 0 Å². The standard InChI is InChI=1S/C8H9BrN2O2/c1-5(10)6-2-3-7(9)8(4-6)11(12)13/h2-5H,10H2,1H3/t5-/m1/s1. The fraction of sp³-hybridized carbons (Fsp3) is 0.250. The Labute approximate surface area is 84.0 Å². The molecule has 0 aliphatic carbocycles. The number of nitrogens with zero attached hydrogens (tertiary/aromatic N) is 1. The molecule has 70 valence electrons. The van der Waals surface area contributed by atoms with Gasteiger partial charge in [-0.2, -0.15) is 0 Å². The van der Waals surface area contributed by atoms with Gasteiger partial charge in [-0.25, -0.2) is 0 Å². The Morgan fingerprint density at radius 2 is 2.23 bits per heavy atom. The molecule has 0 fully saturated rings. The molecule has 1 aromatic rings. The van der Waals surface area contributed by atoms with Gasteiger partial charge in [0.05, 0.1) is 9.40 Å². The zero-order valence-corrected chi connectivity index (χ0v) is 8.61. The Kier molecular flexibility index (Phi) is 3.00. The second-order valence-corrected chi connectivity index (χ2v) is 3.61. The maximum atomic E-state index is 10.5. The number of rotatable bonds is 2. The predicted octanol–water partition coefficient (Wildman–Crippen LogP) is 2.38. The van der Waals surface area contributed by atoms with Crippen LogP contribution >= 0.6 is 15.9 Å². The van der Waals surface area contributed by atoms with Gasteiger partial charge in [0.1, 0.15) is 0 Å². The van der Waals surface area contributed by atoms with E-state index in [4.69, 9.17) is 5.73 Å². The molecule has 0 bridgehead atoms. The molecule has 0 spiro atoms. The van der Waals surface area contributed by atoms with Crippen molar-refractivity contribution in [3.05, 3.63) is 38.3 Å². The van der Waals surface area contributed by atoms with E-state index in [1.54, 1.807) is 19.1 Å². The molecule has 0 radical (unpaired) electrons. The van der Waals surface area contributed by atoms with E-state index in [9.17, 15) is 10.1 Å². The molecule has 0 unspecified atom stereocenters. The number of hydrogen-bond acceptors (Lipinski definition) is 3. The number of halogens is 1. The molecule has 13 heavy (non-hydrogen) atoms.